The number of rotatable bonds is 6. The molecule has 5 nitrogen and oxygen atoms in total. The lowest BCUT2D eigenvalue weighted by Gasteiger charge is -2.09. The fourth-order valence-corrected chi connectivity index (χ4v) is 1.53. The molecule has 0 heterocycles. The molecule has 0 spiro atoms. The van der Waals surface area contributed by atoms with E-state index in [0.717, 1.165) is 6.42 Å². The zero-order valence-corrected chi connectivity index (χ0v) is 11.3. The number of methoxy groups -OCH3 is 1. The average molecular weight is 264 g/mol. The number of carbonyl (C=O) groups excluding carboxylic acids is 2. The first-order chi connectivity index (χ1) is 9.06. The van der Waals surface area contributed by atoms with Crippen LogP contribution in [0.1, 0.15) is 30.1 Å². The molecule has 1 aromatic carbocycles. The van der Waals surface area contributed by atoms with Gasteiger partial charge in [0.25, 0.3) is 0 Å². The summed E-state index contributed by atoms with van der Waals surface area (Å²) in [7, 11) is 1.33. The van der Waals surface area contributed by atoms with Crippen LogP contribution in [0.15, 0.2) is 24.3 Å². The highest BCUT2D eigenvalue weighted by Gasteiger charge is 2.07. The number of hydrogen-bond acceptors (Lipinski definition) is 4. The van der Waals surface area contributed by atoms with Crippen molar-refractivity contribution >= 4 is 17.6 Å². The second-order valence-electron chi connectivity index (χ2n) is 4.50. The molecule has 104 valence electrons. The smallest absolute Gasteiger partial charge is 0.337 e. The maximum absolute atomic E-state index is 11.7. The zero-order chi connectivity index (χ0) is 14.3. The molecule has 0 aliphatic rings. The maximum Gasteiger partial charge on any atom is 0.337 e. The lowest BCUT2D eigenvalue weighted by atomic mass is 10.1. The second kappa shape index (κ2) is 7.53. The van der Waals surface area contributed by atoms with E-state index in [0.29, 0.717) is 30.1 Å². The Morgan fingerprint density at radius 3 is 2.47 bits per heavy atom. The van der Waals surface area contributed by atoms with Gasteiger partial charge in [-0.25, -0.2) is 4.79 Å². The normalized spacial score (nSPS) is 11.7. The van der Waals surface area contributed by atoms with Crippen LogP contribution in [0.25, 0.3) is 0 Å². The topological polar surface area (TPSA) is 81.4 Å². The van der Waals surface area contributed by atoms with Gasteiger partial charge in [-0.3, -0.25) is 4.79 Å². The van der Waals surface area contributed by atoms with Crippen LogP contribution in [-0.2, 0) is 9.53 Å². The third-order valence-electron chi connectivity index (χ3n) is 2.86. The van der Waals surface area contributed by atoms with Crippen molar-refractivity contribution in [1.82, 2.24) is 0 Å². The van der Waals surface area contributed by atoms with Gasteiger partial charge in [-0.05, 0) is 43.1 Å². The van der Waals surface area contributed by atoms with Gasteiger partial charge in [0.1, 0.15) is 0 Å². The van der Waals surface area contributed by atoms with Crippen LogP contribution >= 0.6 is 0 Å². The molecule has 0 saturated carbocycles. The van der Waals surface area contributed by atoms with Crippen LogP contribution in [0, 0.1) is 5.92 Å². The third-order valence-corrected chi connectivity index (χ3v) is 2.86. The van der Waals surface area contributed by atoms with E-state index in [1.807, 2.05) is 6.92 Å². The summed E-state index contributed by atoms with van der Waals surface area (Å²) in [6.45, 7) is 2.60. The standard InChI is InChI=1S/C14H20N2O3/c1-10(9-15)3-8-13(17)16-12-6-4-11(5-7-12)14(18)19-2/h4-7,10H,3,8-9,15H2,1-2H3,(H,16,17). The first-order valence-corrected chi connectivity index (χ1v) is 6.25. The Balaban J connectivity index is 2.49. The SMILES string of the molecule is COC(=O)c1ccc(NC(=O)CCC(C)CN)cc1. The first kappa shape index (κ1) is 15.2. The largest absolute Gasteiger partial charge is 0.465 e. The molecule has 0 saturated heterocycles. The lowest BCUT2D eigenvalue weighted by molar-refractivity contribution is -0.116. The molecule has 3 N–H and O–H groups in total. The molecule has 0 bridgehead atoms. The first-order valence-electron chi connectivity index (χ1n) is 6.25. The van der Waals surface area contributed by atoms with Crippen LogP contribution < -0.4 is 11.1 Å². The van der Waals surface area contributed by atoms with Gasteiger partial charge in [-0.2, -0.15) is 0 Å². The van der Waals surface area contributed by atoms with E-state index in [2.05, 4.69) is 10.1 Å². The fraction of sp³-hybridized carbons (Fsp3) is 0.429. The second-order valence-corrected chi connectivity index (χ2v) is 4.50. The van der Waals surface area contributed by atoms with E-state index in [9.17, 15) is 9.59 Å². The Morgan fingerprint density at radius 1 is 1.32 bits per heavy atom. The number of ether oxygens (including phenoxy) is 1. The minimum absolute atomic E-state index is 0.0499. The Hall–Kier alpha value is -1.88. The maximum atomic E-state index is 11.7. The van der Waals surface area contributed by atoms with Crippen molar-refractivity contribution in [2.75, 3.05) is 19.0 Å². The van der Waals surface area contributed by atoms with Crippen molar-refractivity contribution in [2.45, 2.75) is 19.8 Å². The van der Waals surface area contributed by atoms with Crippen LogP contribution in [-0.4, -0.2) is 25.5 Å². The molecule has 0 aliphatic heterocycles. The van der Waals surface area contributed by atoms with Crippen molar-refractivity contribution < 1.29 is 14.3 Å². The highest BCUT2D eigenvalue weighted by atomic mass is 16.5. The molecule has 5 heteroatoms. The molecule has 19 heavy (non-hydrogen) atoms. The summed E-state index contributed by atoms with van der Waals surface area (Å²) in [4.78, 5) is 22.9. The number of hydrogen-bond donors (Lipinski definition) is 2. The van der Waals surface area contributed by atoms with Gasteiger partial charge in [-0.1, -0.05) is 6.92 Å². The number of esters is 1. The van der Waals surface area contributed by atoms with E-state index >= 15 is 0 Å². The summed E-state index contributed by atoms with van der Waals surface area (Å²) in [6, 6.07) is 6.58. The fourth-order valence-electron chi connectivity index (χ4n) is 1.53. The molecule has 1 rings (SSSR count). The van der Waals surface area contributed by atoms with Crippen molar-refractivity contribution in [3.63, 3.8) is 0 Å². The average Bonchev–Trinajstić information content (AvgIpc) is 2.44. The monoisotopic (exact) mass is 264 g/mol. The predicted octanol–water partition coefficient (Wildman–Crippen LogP) is 1.79. The molecular formula is C14H20N2O3. The van der Waals surface area contributed by atoms with Crippen LogP contribution in [0.2, 0.25) is 0 Å². The quantitative estimate of drug-likeness (QED) is 0.767. The number of carbonyl (C=O) groups is 2. The van der Waals surface area contributed by atoms with E-state index < -0.39 is 5.97 Å². The van der Waals surface area contributed by atoms with E-state index in [1.165, 1.54) is 7.11 Å². The number of nitrogens with one attached hydrogen (secondary N) is 1. The molecule has 0 aromatic heterocycles. The Kier molecular flexibility index (Phi) is 6.02. The molecule has 1 aromatic rings. The number of nitrogens with two attached hydrogens (primary N) is 1. The van der Waals surface area contributed by atoms with E-state index in [1.54, 1.807) is 24.3 Å². The molecule has 1 atom stereocenters. The van der Waals surface area contributed by atoms with Gasteiger partial charge in [0.05, 0.1) is 12.7 Å². The highest BCUT2D eigenvalue weighted by molar-refractivity contribution is 5.92. The molecule has 0 fully saturated rings. The minimum atomic E-state index is -0.394. The molecule has 0 aliphatic carbocycles. The van der Waals surface area contributed by atoms with Crippen molar-refractivity contribution in [3.05, 3.63) is 29.8 Å². The Labute approximate surface area is 113 Å². The highest BCUT2D eigenvalue weighted by Crippen LogP contribution is 2.12. The van der Waals surface area contributed by atoms with Gasteiger partial charge in [0, 0.05) is 12.1 Å². The molecular weight excluding hydrogens is 244 g/mol. The van der Waals surface area contributed by atoms with Crippen molar-refractivity contribution in [2.24, 2.45) is 11.7 Å². The van der Waals surface area contributed by atoms with Gasteiger partial charge in [-0.15, -0.1) is 0 Å². The van der Waals surface area contributed by atoms with E-state index in [4.69, 9.17) is 5.73 Å². The molecule has 0 radical (unpaired) electrons. The predicted molar refractivity (Wildman–Crippen MR) is 73.9 cm³/mol. The summed E-state index contributed by atoms with van der Waals surface area (Å²) in [6.07, 6.45) is 1.21. The summed E-state index contributed by atoms with van der Waals surface area (Å²) < 4.78 is 4.60. The lowest BCUT2D eigenvalue weighted by Crippen LogP contribution is -2.16. The van der Waals surface area contributed by atoms with Gasteiger partial charge < -0.3 is 15.8 Å². The number of amides is 1. The van der Waals surface area contributed by atoms with Gasteiger partial charge in [0.2, 0.25) is 5.91 Å². The third kappa shape index (κ3) is 5.09. The summed E-state index contributed by atoms with van der Waals surface area (Å²) in [5.74, 6) is -0.104. The zero-order valence-electron chi connectivity index (χ0n) is 11.3. The number of anilines is 1. The van der Waals surface area contributed by atoms with Crippen LogP contribution in [0.4, 0.5) is 5.69 Å². The summed E-state index contributed by atoms with van der Waals surface area (Å²) in [5, 5.41) is 2.77. The van der Waals surface area contributed by atoms with Crippen molar-refractivity contribution in [3.8, 4) is 0 Å². The van der Waals surface area contributed by atoms with Crippen molar-refractivity contribution in [1.29, 1.82) is 0 Å². The van der Waals surface area contributed by atoms with E-state index in [-0.39, 0.29) is 5.91 Å². The summed E-state index contributed by atoms with van der Waals surface area (Å²) in [5.41, 5.74) is 6.61. The van der Waals surface area contributed by atoms with Crippen LogP contribution in [0.3, 0.4) is 0 Å². The molecule has 1 unspecified atom stereocenters. The molecule has 1 amide bonds. The Morgan fingerprint density at radius 2 is 1.95 bits per heavy atom. The number of benzene rings is 1. The van der Waals surface area contributed by atoms with Gasteiger partial charge in [0.15, 0.2) is 0 Å². The minimum Gasteiger partial charge on any atom is -0.465 e. The summed E-state index contributed by atoms with van der Waals surface area (Å²) >= 11 is 0. The Bertz CT molecular complexity index is 429. The van der Waals surface area contributed by atoms with Crippen LogP contribution in [0.5, 0.6) is 0 Å². The van der Waals surface area contributed by atoms with Gasteiger partial charge >= 0.3 is 5.97 Å².